The van der Waals surface area contributed by atoms with Crippen molar-refractivity contribution in [3.05, 3.63) is 106 Å². The molecule has 0 fully saturated rings. The van der Waals surface area contributed by atoms with Crippen molar-refractivity contribution in [1.29, 1.82) is 0 Å². The molecule has 4 rings (SSSR count). The maximum absolute atomic E-state index is 13.2. The first-order valence-electron chi connectivity index (χ1n) is 9.72. The van der Waals surface area contributed by atoms with Gasteiger partial charge in [0.1, 0.15) is 0 Å². The summed E-state index contributed by atoms with van der Waals surface area (Å²) in [5.74, 6) is -0.615. The molecule has 0 bridgehead atoms. The van der Waals surface area contributed by atoms with Gasteiger partial charge >= 0.3 is 0 Å². The predicted molar refractivity (Wildman–Crippen MR) is 123 cm³/mol. The van der Waals surface area contributed by atoms with Gasteiger partial charge in [0.05, 0.1) is 5.92 Å². The maximum Gasteiger partial charge on any atom is 0.258 e. The number of hydrogen-bond acceptors (Lipinski definition) is 2. The molecule has 0 aromatic heterocycles. The number of nitrogens with zero attached hydrogens (tertiary/aromatic N) is 1. The molecule has 3 aromatic rings. The Kier molecular flexibility index (Phi) is 5.81. The molecule has 30 heavy (non-hydrogen) atoms. The summed E-state index contributed by atoms with van der Waals surface area (Å²) in [5.41, 5.74) is 3.86. The molecule has 2 amide bonds. The topological polar surface area (TPSA) is 49.4 Å². The van der Waals surface area contributed by atoms with Crippen LogP contribution in [0.5, 0.6) is 0 Å². The van der Waals surface area contributed by atoms with E-state index in [2.05, 4.69) is 21.2 Å². The smallest absolute Gasteiger partial charge is 0.258 e. The largest absolute Gasteiger partial charge is 0.326 e. The van der Waals surface area contributed by atoms with Crippen LogP contribution in [0, 0.1) is 5.92 Å². The summed E-state index contributed by atoms with van der Waals surface area (Å²) < 4.78 is 0.951. The molecule has 0 aliphatic carbocycles. The molecule has 5 heteroatoms. The predicted octanol–water partition coefficient (Wildman–Crippen LogP) is 5.37. The minimum Gasteiger partial charge on any atom is -0.326 e. The highest BCUT2D eigenvalue weighted by Crippen LogP contribution is 2.29. The van der Waals surface area contributed by atoms with E-state index in [4.69, 9.17) is 0 Å². The first-order chi connectivity index (χ1) is 14.5. The number of halogens is 1. The molecule has 1 unspecified atom stereocenters. The third-order valence-electron chi connectivity index (χ3n) is 5.23. The number of rotatable bonds is 3. The minimum atomic E-state index is -0.430. The Hall–Kier alpha value is -3.18. The summed E-state index contributed by atoms with van der Waals surface area (Å²) in [6.07, 6.45) is 2.35. The van der Waals surface area contributed by atoms with Crippen molar-refractivity contribution in [3.8, 4) is 0 Å². The van der Waals surface area contributed by atoms with Gasteiger partial charge in [-0.15, -0.1) is 0 Å². The van der Waals surface area contributed by atoms with Crippen molar-refractivity contribution in [2.75, 3.05) is 12.4 Å². The number of amides is 2. The first-order valence-corrected chi connectivity index (χ1v) is 10.5. The van der Waals surface area contributed by atoms with Gasteiger partial charge in [-0.05, 0) is 54.0 Å². The normalized spacial score (nSPS) is 17.9. The Labute approximate surface area is 184 Å². The number of anilines is 1. The van der Waals surface area contributed by atoms with Gasteiger partial charge in [0.2, 0.25) is 5.91 Å². The molecule has 1 aliphatic rings. The van der Waals surface area contributed by atoms with E-state index in [1.54, 1.807) is 11.9 Å². The third-order valence-corrected chi connectivity index (χ3v) is 5.76. The van der Waals surface area contributed by atoms with Gasteiger partial charge < -0.3 is 10.2 Å². The van der Waals surface area contributed by atoms with Crippen LogP contribution in [0.3, 0.4) is 0 Å². The number of carbonyl (C=O) groups excluding carboxylic acids is 2. The highest BCUT2D eigenvalue weighted by Gasteiger charge is 2.28. The lowest BCUT2D eigenvalue weighted by atomic mass is 9.90. The summed E-state index contributed by atoms with van der Waals surface area (Å²) in [6, 6.07) is 24.7. The van der Waals surface area contributed by atoms with Crippen LogP contribution in [0.4, 0.5) is 5.69 Å². The standard InChI is InChI=1S/C25H21BrN2O2/c1-28-23(17-7-3-2-4-8-17)16-19(15-18-9-5-6-10-22(18)25(28)30)24(29)27-21-13-11-20(26)12-14-21/h2-14,16,19H,15H2,1H3,(H,27,29)/b23-16-. The van der Waals surface area contributed by atoms with Crippen LogP contribution in [0.1, 0.15) is 21.5 Å². The monoisotopic (exact) mass is 460 g/mol. The van der Waals surface area contributed by atoms with Crippen molar-refractivity contribution < 1.29 is 9.59 Å². The molecule has 1 aliphatic heterocycles. The summed E-state index contributed by atoms with van der Waals surface area (Å²) >= 11 is 3.41. The van der Waals surface area contributed by atoms with Gasteiger partial charge in [-0.2, -0.15) is 0 Å². The molecular formula is C25H21BrN2O2. The van der Waals surface area contributed by atoms with E-state index in [0.717, 1.165) is 27.0 Å². The lowest BCUT2D eigenvalue weighted by Crippen LogP contribution is -2.32. The number of hydrogen-bond donors (Lipinski definition) is 1. The maximum atomic E-state index is 13.2. The van der Waals surface area contributed by atoms with E-state index >= 15 is 0 Å². The Morgan fingerprint density at radius 2 is 1.63 bits per heavy atom. The quantitative estimate of drug-likeness (QED) is 0.570. The fraction of sp³-hybridized carbons (Fsp3) is 0.120. The van der Waals surface area contributed by atoms with Crippen LogP contribution in [0.15, 0.2) is 89.4 Å². The van der Waals surface area contributed by atoms with Crippen LogP contribution >= 0.6 is 15.9 Å². The highest BCUT2D eigenvalue weighted by atomic mass is 79.9. The van der Waals surface area contributed by atoms with Crippen LogP contribution in [0.25, 0.3) is 5.70 Å². The van der Waals surface area contributed by atoms with E-state index in [1.807, 2.05) is 84.9 Å². The van der Waals surface area contributed by atoms with E-state index in [9.17, 15) is 9.59 Å². The second kappa shape index (κ2) is 8.67. The van der Waals surface area contributed by atoms with Gasteiger partial charge in [0, 0.05) is 28.5 Å². The SMILES string of the molecule is CN1C(=O)c2ccccc2CC(C(=O)Nc2ccc(Br)cc2)/C=C\1c1ccccc1. The molecule has 1 N–H and O–H groups in total. The molecule has 0 saturated heterocycles. The third kappa shape index (κ3) is 4.21. The molecule has 0 saturated carbocycles. The van der Waals surface area contributed by atoms with Crippen molar-refractivity contribution >= 4 is 39.1 Å². The van der Waals surface area contributed by atoms with Crippen LogP contribution in [0.2, 0.25) is 0 Å². The summed E-state index contributed by atoms with van der Waals surface area (Å²) in [7, 11) is 1.76. The lowest BCUT2D eigenvalue weighted by Gasteiger charge is -2.27. The van der Waals surface area contributed by atoms with Crippen molar-refractivity contribution in [1.82, 2.24) is 4.90 Å². The molecule has 3 aromatic carbocycles. The highest BCUT2D eigenvalue weighted by molar-refractivity contribution is 9.10. The first kappa shape index (κ1) is 20.1. The van der Waals surface area contributed by atoms with E-state index in [1.165, 1.54) is 0 Å². The Morgan fingerprint density at radius 1 is 0.967 bits per heavy atom. The zero-order chi connectivity index (χ0) is 21.1. The number of fused-ring (bicyclic) bond motifs is 1. The molecule has 0 spiro atoms. The van der Waals surface area contributed by atoms with Gasteiger partial charge in [0.25, 0.3) is 5.91 Å². The molecule has 150 valence electrons. The zero-order valence-electron chi connectivity index (χ0n) is 16.5. The van der Waals surface area contributed by atoms with Crippen LogP contribution in [-0.4, -0.2) is 23.8 Å². The summed E-state index contributed by atoms with van der Waals surface area (Å²) in [6.45, 7) is 0. The molecule has 0 radical (unpaired) electrons. The van der Waals surface area contributed by atoms with Gasteiger partial charge in [0.15, 0.2) is 0 Å². The van der Waals surface area contributed by atoms with Gasteiger partial charge in [-0.25, -0.2) is 0 Å². The Morgan fingerprint density at radius 3 is 2.37 bits per heavy atom. The van der Waals surface area contributed by atoms with E-state index in [-0.39, 0.29) is 11.8 Å². The molecule has 1 atom stereocenters. The van der Waals surface area contributed by atoms with E-state index < -0.39 is 5.92 Å². The summed E-state index contributed by atoms with van der Waals surface area (Å²) in [4.78, 5) is 28.0. The van der Waals surface area contributed by atoms with Crippen LogP contribution in [-0.2, 0) is 11.2 Å². The lowest BCUT2D eigenvalue weighted by molar-refractivity contribution is -0.118. The molecule has 1 heterocycles. The number of benzene rings is 3. The Bertz CT molecular complexity index is 1110. The second-order valence-electron chi connectivity index (χ2n) is 7.25. The fourth-order valence-electron chi connectivity index (χ4n) is 3.63. The molecular weight excluding hydrogens is 440 g/mol. The van der Waals surface area contributed by atoms with Crippen molar-refractivity contribution in [2.24, 2.45) is 5.92 Å². The van der Waals surface area contributed by atoms with Gasteiger partial charge in [-0.1, -0.05) is 64.5 Å². The number of carbonyl (C=O) groups is 2. The van der Waals surface area contributed by atoms with Gasteiger partial charge in [-0.3, -0.25) is 9.59 Å². The zero-order valence-corrected chi connectivity index (χ0v) is 18.1. The van der Waals surface area contributed by atoms with Crippen molar-refractivity contribution in [2.45, 2.75) is 6.42 Å². The Balaban J connectivity index is 1.75. The summed E-state index contributed by atoms with van der Waals surface area (Å²) in [5, 5.41) is 3.01. The van der Waals surface area contributed by atoms with Crippen LogP contribution < -0.4 is 5.32 Å². The fourth-order valence-corrected chi connectivity index (χ4v) is 3.89. The average molecular weight is 461 g/mol. The average Bonchev–Trinajstić information content (AvgIpc) is 2.77. The van der Waals surface area contributed by atoms with E-state index in [0.29, 0.717) is 12.0 Å². The molecule has 4 nitrogen and oxygen atoms in total. The second-order valence-corrected chi connectivity index (χ2v) is 8.16. The minimum absolute atomic E-state index is 0.0764. The van der Waals surface area contributed by atoms with Crippen molar-refractivity contribution in [3.63, 3.8) is 0 Å². The number of nitrogens with one attached hydrogen (secondary N) is 1.